The fourth-order valence-corrected chi connectivity index (χ4v) is 2.62. The van der Waals surface area contributed by atoms with E-state index in [0.717, 1.165) is 43.7 Å². The summed E-state index contributed by atoms with van der Waals surface area (Å²) in [4.78, 5) is 15.2. The number of aromatic nitrogens is 1. The van der Waals surface area contributed by atoms with Gasteiger partial charge >= 0.3 is 0 Å². The Bertz CT molecular complexity index is 394. The molecule has 2 heterocycles. The van der Waals surface area contributed by atoms with Crippen molar-refractivity contribution >= 4 is 5.91 Å². The lowest BCUT2D eigenvalue weighted by Gasteiger charge is -2.30. The molecule has 1 aromatic rings. The first kappa shape index (κ1) is 13.1. The van der Waals surface area contributed by atoms with Gasteiger partial charge in [0.05, 0.1) is 5.56 Å². The number of nitrogens with one attached hydrogen (secondary N) is 2. The van der Waals surface area contributed by atoms with Crippen molar-refractivity contribution in [2.24, 2.45) is 5.92 Å². The minimum Gasteiger partial charge on any atom is -0.381 e. The number of aryl methyl sites for hydroxylation is 1. The van der Waals surface area contributed by atoms with Crippen LogP contribution in [0, 0.1) is 12.8 Å². The van der Waals surface area contributed by atoms with Crippen LogP contribution in [0.5, 0.6) is 0 Å². The Morgan fingerprint density at radius 2 is 2.28 bits per heavy atom. The van der Waals surface area contributed by atoms with Gasteiger partial charge in [0.15, 0.2) is 0 Å². The van der Waals surface area contributed by atoms with Crippen LogP contribution in [0.1, 0.15) is 42.2 Å². The van der Waals surface area contributed by atoms with Crippen molar-refractivity contribution in [2.45, 2.75) is 39.2 Å². The molecule has 100 valence electrons. The molecular weight excluding hydrogens is 228 g/mol. The van der Waals surface area contributed by atoms with Crippen LogP contribution in [-0.4, -0.2) is 30.1 Å². The number of hydrogen-bond donors (Lipinski definition) is 2. The van der Waals surface area contributed by atoms with Crippen molar-refractivity contribution in [1.29, 1.82) is 0 Å². The third kappa shape index (κ3) is 2.93. The van der Waals surface area contributed by atoms with Gasteiger partial charge in [-0.3, -0.25) is 4.79 Å². The van der Waals surface area contributed by atoms with E-state index < -0.39 is 0 Å². The lowest BCUT2D eigenvalue weighted by Crippen LogP contribution is -2.42. The molecule has 0 saturated carbocycles. The van der Waals surface area contributed by atoms with Crippen LogP contribution < -0.4 is 5.32 Å². The zero-order chi connectivity index (χ0) is 13.0. The Hall–Kier alpha value is -1.29. The van der Waals surface area contributed by atoms with E-state index in [2.05, 4.69) is 17.2 Å². The van der Waals surface area contributed by atoms with E-state index in [4.69, 9.17) is 4.74 Å². The molecule has 1 aliphatic rings. The molecule has 0 aliphatic carbocycles. The zero-order valence-electron chi connectivity index (χ0n) is 11.2. The molecule has 4 heteroatoms. The van der Waals surface area contributed by atoms with E-state index in [1.807, 2.05) is 13.0 Å². The monoisotopic (exact) mass is 250 g/mol. The highest BCUT2D eigenvalue weighted by molar-refractivity contribution is 5.95. The molecule has 0 aromatic carbocycles. The molecule has 0 radical (unpaired) electrons. The van der Waals surface area contributed by atoms with Crippen LogP contribution in [0.3, 0.4) is 0 Å². The topological polar surface area (TPSA) is 54.1 Å². The minimum absolute atomic E-state index is 0.0343. The highest BCUT2D eigenvalue weighted by Gasteiger charge is 2.24. The van der Waals surface area contributed by atoms with Crippen LogP contribution in [0.4, 0.5) is 0 Å². The second-order valence-electron chi connectivity index (χ2n) is 4.95. The lowest BCUT2D eigenvalue weighted by molar-refractivity contribution is 0.0510. The van der Waals surface area contributed by atoms with Gasteiger partial charge in [0.1, 0.15) is 0 Å². The number of hydrogen-bond acceptors (Lipinski definition) is 2. The van der Waals surface area contributed by atoms with E-state index in [-0.39, 0.29) is 11.9 Å². The average Bonchev–Trinajstić information content (AvgIpc) is 2.83. The van der Waals surface area contributed by atoms with Crippen molar-refractivity contribution in [3.05, 3.63) is 23.5 Å². The van der Waals surface area contributed by atoms with Crippen molar-refractivity contribution in [3.63, 3.8) is 0 Å². The summed E-state index contributed by atoms with van der Waals surface area (Å²) in [5.74, 6) is 0.582. The summed E-state index contributed by atoms with van der Waals surface area (Å²) in [6, 6.07) is 2.09. The van der Waals surface area contributed by atoms with Gasteiger partial charge < -0.3 is 15.0 Å². The van der Waals surface area contributed by atoms with Gasteiger partial charge in [-0.25, -0.2) is 0 Å². The van der Waals surface area contributed by atoms with Crippen LogP contribution in [-0.2, 0) is 4.74 Å². The molecule has 18 heavy (non-hydrogen) atoms. The summed E-state index contributed by atoms with van der Waals surface area (Å²) < 4.78 is 5.37. The average molecular weight is 250 g/mol. The molecular formula is C14H22N2O2. The minimum atomic E-state index is 0.0343. The summed E-state index contributed by atoms with van der Waals surface area (Å²) >= 11 is 0. The standard InChI is InChI=1S/C14H22N2O2/c1-3-13(11-5-8-18-9-6-11)16-14(17)12-4-7-15-10(12)2/h4,7,11,13,15H,3,5-6,8-9H2,1-2H3,(H,16,17)/t13-/m0/s1. The van der Waals surface area contributed by atoms with Crippen LogP contribution >= 0.6 is 0 Å². The van der Waals surface area contributed by atoms with Crippen molar-refractivity contribution < 1.29 is 9.53 Å². The molecule has 2 rings (SSSR count). The maximum atomic E-state index is 12.2. The largest absolute Gasteiger partial charge is 0.381 e. The fourth-order valence-electron chi connectivity index (χ4n) is 2.62. The third-order valence-corrected chi connectivity index (χ3v) is 3.79. The van der Waals surface area contributed by atoms with Gasteiger partial charge in [-0.1, -0.05) is 6.92 Å². The normalized spacial score (nSPS) is 18.6. The zero-order valence-corrected chi connectivity index (χ0v) is 11.2. The van der Waals surface area contributed by atoms with Gasteiger partial charge in [-0.05, 0) is 38.2 Å². The molecule has 1 aromatic heterocycles. The van der Waals surface area contributed by atoms with Crippen molar-refractivity contribution in [2.75, 3.05) is 13.2 Å². The molecule has 0 spiro atoms. The Kier molecular flexibility index (Phi) is 4.42. The molecule has 1 fully saturated rings. The quantitative estimate of drug-likeness (QED) is 0.861. The molecule has 0 unspecified atom stereocenters. The maximum absolute atomic E-state index is 12.2. The lowest BCUT2D eigenvalue weighted by atomic mass is 9.90. The number of ether oxygens (including phenoxy) is 1. The summed E-state index contributed by atoms with van der Waals surface area (Å²) in [6.07, 6.45) is 4.87. The van der Waals surface area contributed by atoms with Gasteiger partial charge in [-0.2, -0.15) is 0 Å². The number of rotatable bonds is 4. The van der Waals surface area contributed by atoms with Crippen LogP contribution in [0.25, 0.3) is 0 Å². The first-order chi connectivity index (χ1) is 8.72. The highest BCUT2D eigenvalue weighted by atomic mass is 16.5. The molecule has 4 nitrogen and oxygen atoms in total. The van der Waals surface area contributed by atoms with E-state index in [9.17, 15) is 4.79 Å². The van der Waals surface area contributed by atoms with Gasteiger partial charge in [0, 0.05) is 31.1 Å². The number of carbonyl (C=O) groups is 1. The Balaban J connectivity index is 1.97. The second kappa shape index (κ2) is 6.05. The first-order valence-corrected chi connectivity index (χ1v) is 6.75. The van der Waals surface area contributed by atoms with Gasteiger partial charge in [-0.15, -0.1) is 0 Å². The van der Waals surface area contributed by atoms with Crippen LogP contribution in [0.2, 0.25) is 0 Å². The summed E-state index contributed by atoms with van der Waals surface area (Å²) in [7, 11) is 0. The maximum Gasteiger partial charge on any atom is 0.253 e. The summed E-state index contributed by atoms with van der Waals surface area (Å²) in [5, 5.41) is 3.17. The number of H-pyrrole nitrogens is 1. The molecule has 2 N–H and O–H groups in total. The fraction of sp³-hybridized carbons (Fsp3) is 0.643. The summed E-state index contributed by atoms with van der Waals surface area (Å²) in [6.45, 7) is 5.69. The molecule has 1 saturated heterocycles. The third-order valence-electron chi connectivity index (χ3n) is 3.79. The highest BCUT2D eigenvalue weighted by Crippen LogP contribution is 2.21. The van der Waals surface area contributed by atoms with E-state index in [1.165, 1.54) is 0 Å². The summed E-state index contributed by atoms with van der Waals surface area (Å²) in [5.41, 5.74) is 1.68. The predicted octanol–water partition coefficient (Wildman–Crippen LogP) is 2.26. The Labute approximate surface area is 108 Å². The second-order valence-corrected chi connectivity index (χ2v) is 4.95. The van der Waals surface area contributed by atoms with Crippen molar-refractivity contribution in [1.82, 2.24) is 10.3 Å². The van der Waals surface area contributed by atoms with E-state index >= 15 is 0 Å². The molecule has 0 bridgehead atoms. The molecule has 1 aliphatic heterocycles. The van der Waals surface area contributed by atoms with E-state index in [0.29, 0.717) is 5.92 Å². The van der Waals surface area contributed by atoms with Crippen LogP contribution in [0.15, 0.2) is 12.3 Å². The van der Waals surface area contributed by atoms with Crippen molar-refractivity contribution in [3.8, 4) is 0 Å². The Morgan fingerprint density at radius 1 is 1.56 bits per heavy atom. The van der Waals surface area contributed by atoms with Gasteiger partial charge in [0.25, 0.3) is 5.91 Å². The SMILES string of the molecule is CC[C@H](NC(=O)c1cc[nH]c1C)C1CCOCC1. The van der Waals surface area contributed by atoms with E-state index in [1.54, 1.807) is 6.20 Å². The number of amides is 1. The number of aromatic amines is 1. The Morgan fingerprint density at radius 3 is 2.83 bits per heavy atom. The first-order valence-electron chi connectivity index (χ1n) is 6.75. The smallest absolute Gasteiger partial charge is 0.253 e. The predicted molar refractivity (Wildman–Crippen MR) is 70.6 cm³/mol. The molecule has 1 amide bonds. The van der Waals surface area contributed by atoms with Gasteiger partial charge in [0.2, 0.25) is 0 Å². The molecule has 1 atom stereocenters. The number of carbonyl (C=O) groups excluding carboxylic acids is 1.